The van der Waals surface area contributed by atoms with Gasteiger partial charge in [-0.3, -0.25) is 18.8 Å². The van der Waals surface area contributed by atoms with Gasteiger partial charge in [0.25, 0.3) is 5.56 Å². The summed E-state index contributed by atoms with van der Waals surface area (Å²) in [5, 5.41) is 17.1. The number of ether oxygens (including phenoxy) is 1. The fourth-order valence-electron chi connectivity index (χ4n) is 6.54. The van der Waals surface area contributed by atoms with Crippen LogP contribution in [0.25, 0.3) is 39.2 Å². The average Bonchev–Trinajstić information content (AvgIpc) is 3.67. The Labute approximate surface area is 297 Å². The van der Waals surface area contributed by atoms with Crippen LogP contribution in [0.5, 0.6) is 5.88 Å². The Morgan fingerprint density at radius 1 is 0.960 bits per heavy atom. The van der Waals surface area contributed by atoms with Crippen LogP contribution in [0.4, 0.5) is 0 Å². The Morgan fingerprint density at radius 2 is 1.70 bits per heavy atom. The van der Waals surface area contributed by atoms with Crippen LogP contribution < -0.4 is 20.9 Å². The molecule has 0 saturated carbocycles. The van der Waals surface area contributed by atoms with E-state index in [1.807, 2.05) is 48.5 Å². The van der Waals surface area contributed by atoms with Gasteiger partial charge in [-0.25, -0.2) is 9.97 Å². The molecule has 2 amide bonds. The molecule has 0 spiro atoms. The molecule has 0 aliphatic carbocycles. The molecule has 2 aromatic carbocycles. The van der Waals surface area contributed by atoms with Crippen LogP contribution in [0.15, 0.2) is 77.7 Å². The molecule has 3 aromatic heterocycles. The van der Waals surface area contributed by atoms with Crippen molar-refractivity contribution in [3.05, 3.63) is 105 Å². The van der Waals surface area contributed by atoms with Gasteiger partial charge in [-0.05, 0) is 30.2 Å². The highest BCUT2D eigenvalue weighted by atomic mass is 35.5. The molecule has 0 radical (unpaired) electrons. The summed E-state index contributed by atoms with van der Waals surface area (Å²) in [7, 11) is 1.58. The minimum absolute atomic E-state index is 0.0667. The van der Waals surface area contributed by atoms with Crippen molar-refractivity contribution in [2.45, 2.75) is 44.5 Å². The fourth-order valence-corrected chi connectivity index (χ4v) is 7.20. The Balaban J connectivity index is 1.16. The maximum Gasteiger partial charge on any atom is 0.258 e. The fraction of sp³-hybridized carbons (Fsp3) is 0.270. The zero-order valence-corrected chi connectivity index (χ0v) is 28.7. The molecule has 0 bridgehead atoms. The smallest absolute Gasteiger partial charge is 0.258 e. The summed E-state index contributed by atoms with van der Waals surface area (Å²) in [5.74, 6) is 0.387. The second kappa shape index (κ2) is 14.2. The van der Waals surface area contributed by atoms with Crippen LogP contribution in [-0.2, 0) is 22.7 Å². The summed E-state index contributed by atoms with van der Waals surface area (Å²) in [6.45, 7) is 1.54. The van der Waals surface area contributed by atoms with E-state index < -0.39 is 6.10 Å². The molecule has 0 unspecified atom stereocenters. The van der Waals surface area contributed by atoms with E-state index in [-0.39, 0.29) is 42.9 Å². The molecule has 13 heteroatoms. The number of halogens is 2. The summed E-state index contributed by atoms with van der Waals surface area (Å²) in [6.07, 6.45) is 2.38. The van der Waals surface area contributed by atoms with Crippen molar-refractivity contribution >= 4 is 40.7 Å². The summed E-state index contributed by atoms with van der Waals surface area (Å²) in [6, 6.07) is 20.3. The van der Waals surface area contributed by atoms with E-state index in [1.165, 1.54) is 15.4 Å². The highest BCUT2D eigenvalue weighted by molar-refractivity contribution is 6.39. The molecule has 256 valence electrons. The number of hydrogen-bond acceptors (Lipinski definition) is 8. The van der Waals surface area contributed by atoms with E-state index in [1.54, 1.807) is 25.4 Å². The number of rotatable bonds is 10. The summed E-state index contributed by atoms with van der Waals surface area (Å²) >= 11 is 14.2. The van der Waals surface area contributed by atoms with Gasteiger partial charge in [0.1, 0.15) is 5.65 Å². The Bertz CT molecular complexity index is 2190. The number of nitrogens with one attached hydrogen (secondary N) is 2. The summed E-state index contributed by atoms with van der Waals surface area (Å²) in [4.78, 5) is 47.6. The van der Waals surface area contributed by atoms with E-state index in [4.69, 9.17) is 32.9 Å². The normalized spacial score (nSPS) is 17.5. The first-order valence-corrected chi connectivity index (χ1v) is 17.0. The van der Waals surface area contributed by atoms with Gasteiger partial charge >= 0.3 is 0 Å². The van der Waals surface area contributed by atoms with Gasteiger partial charge in [0.2, 0.25) is 17.7 Å². The number of aliphatic hydroxyl groups excluding tert-OH is 1. The second-order valence-electron chi connectivity index (χ2n) is 12.5. The monoisotopic (exact) mass is 712 g/mol. The highest BCUT2D eigenvalue weighted by Gasteiger charge is 2.28. The molecule has 7 rings (SSSR count). The lowest BCUT2D eigenvalue weighted by atomic mass is 9.97. The molecular formula is C37H34Cl2N6O5. The number of aliphatic hydroxyl groups is 1. The molecule has 50 heavy (non-hydrogen) atoms. The largest absolute Gasteiger partial charge is 0.481 e. The molecule has 5 aromatic rings. The predicted octanol–water partition coefficient (Wildman–Crippen LogP) is 4.87. The van der Waals surface area contributed by atoms with Crippen molar-refractivity contribution in [3.8, 4) is 39.4 Å². The van der Waals surface area contributed by atoms with Gasteiger partial charge < -0.3 is 25.4 Å². The number of aromatic nitrogens is 3. The molecule has 2 atom stereocenters. The number of fused-ring (bicyclic) bond motifs is 1. The number of nitrogens with zero attached hydrogens (tertiary/aromatic N) is 4. The van der Waals surface area contributed by atoms with Gasteiger partial charge in [-0.2, -0.15) is 0 Å². The number of carbonyl (C=O) groups excluding carboxylic acids is 2. The third-order valence-corrected chi connectivity index (χ3v) is 9.88. The number of benzene rings is 2. The van der Waals surface area contributed by atoms with E-state index in [2.05, 4.69) is 15.6 Å². The molecule has 2 saturated heterocycles. The molecule has 5 heterocycles. The first kappa shape index (κ1) is 33.7. The van der Waals surface area contributed by atoms with Crippen molar-refractivity contribution in [2.24, 2.45) is 0 Å². The number of hydrogen-bond donors (Lipinski definition) is 3. The molecule has 2 aliphatic rings. The van der Waals surface area contributed by atoms with Crippen molar-refractivity contribution in [1.82, 2.24) is 29.9 Å². The molecule has 2 fully saturated rings. The van der Waals surface area contributed by atoms with E-state index in [0.29, 0.717) is 63.6 Å². The maximum atomic E-state index is 12.9. The first-order chi connectivity index (χ1) is 24.2. The van der Waals surface area contributed by atoms with Crippen LogP contribution in [0.3, 0.4) is 0 Å². The molecule has 11 nitrogen and oxygen atoms in total. The van der Waals surface area contributed by atoms with E-state index in [9.17, 15) is 19.5 Å². The lowest BCUT2D eigenvalue weighted by molar-refractivity contribution is -0.128. The number of amides is 2. The third-order valence-electron chi connectivity index (χ3n) is 9.07. The van der Waals surface area contributed by atoms with Gasteiger partial charge in [0.15, 0.2) is 0 Å². The zero-order valence-electron chi connectivity index (χ0n) is 27.2. The lowest BCUT2D eigenvalue weighted by Gasteiger charge is -2.16. The third kappa shape index (κ3) is 6.82. The SMILES string of the molecule is COc1nc(-c2cccc(-c3cccc(-c4ccn5c(=O)cc(CN6C[C@H](O)CC6=O)nc5c4)c3Cl)c2Cl)ccc1CNC[C@@H]1CCC(=O)N1. The number of carbonyl (C=O) groups is 2. The minimum Gasteiger partial charge on any atom is -0.481 e. The zero-order chi connectivity index (χ0) is 34.9. The maximum absolute atomic E-state index is 12.9. The Kier molecular flexibility index (Phi) is 9.56. The molecule has 2 aliphatic heterocycles. The summed E-state index contributed by atoms with van der Waals surface area (Å²) in [5.41, 5.74) is 5.69. The average molecular weight is 714 g/mol. The van der Waals surface area contributed by atoms with Crippen molar-refractivity contribution < 1.29 is 19.4 Å². The van der Waals surface area contributed by atoms with Crippen LogP contribution in [0.1, 0.15) is 30.5 Å². The quantitative estimate of drug-likeness (QED) is 0.187. The minimum atomic E-state index is -0.717. The standard InChI is InChI=1S/C37H34Cl2N6O5/c1-50-37-22(17-40-18-23-9-11-32(47)42-23)8-10-30(43-37)29-7-3-6-28(36(29)39)27-5-2-4-26(35(27)38)21-12-13-45-31(14-21)41-24(15-34(45)49)19-44-20-25(46)16-33(44)48/h2-8,10,12-15,23,25,40,46H,9,11,16-20H2,1H3,(H,42,47)/t23-,25+/m0/s1. The van der Waals surface area contributed by atoms with Crippen molar-refractivity contribution in [2.75, 3.05) is 20.2 Å². The van der Waals surface area contributed by atoms with Gasteiger partial charge in [0.05, 0.1) is 47.6 Å². The Hall–Kier alpha value is -4.81. The highest BCUT2D eigenvalue weighted by Crippen LogP contribution is 2.42. The van der Waals surface area contributed by atoms with Crippen LogP contribution in [-0.4, -0.2) is 68.5 Å². The van der Waals surface area contributed by atoms with Crippen LogP contribution in [0, 0.1) is 0 Å². The lowest BCUT2D eigenvalue weighted by Crippen LogP contribution is -2.35. The molecular weight excluding hydrogens is 679 g/mol. The van der Waals surface area contributed by atoms with E-state index >= 15 is 0 Å². The number of pyridine rings is 2. The predicted molar refractivity (Wildman–Crippen MR) is 191 cm³/mol. The van der Waals surface area contributed by atoms with Gasteiger partial charge in [-0.1, -0.05) is 65.7 Å². The number of β-amino-alcohol motifs (C(OH)–C–C–N with tert-alkyl or cyclic N) is 1. The summed E-state index contributed by atoms with van der Waals surface area (Å²) < 4.78 is 7.07. The number of likely N-dealkylation sites (tertiary alicyclic amines) is 1. The topological polar surface area (TPSA) is 138 Å². The van der Waals surface area contributed by atoms with Crippen LogP contribution in [0.2, 0.25) is 10.0 Å². The van der Waals surface area contributed by atoms with Crippen molar-refractivity contribution in [3.63, 3.8) is 0 Å². The van der Waals surface area contributed by atoms with Gasteiger partial charge in [0, 0.05) is 72.2 Å². The first-order valence-electron chi connectivity index (χ1n) is 16.3. The van der Waals surface area contributed by atoms with E-state index in [0.717, 1.165) is 28.7 Å². The van der Waals surface area contributed by atoms with Gasteiger partial charge in [-0.15, -0.1) is 0 Å². The number of methoxy groups -OCH3 is 1. The van der Waals surface area contributed by atoms with Crippen molar-refractivity contribution in [1.29, 1.82) is 0 Å². The van der Waals surface area contributed by atoms with Crippen LogP contribution >= 0.6 is 23.2 Å². The Morgan fingerprint density at radius 3 is 2.40 bits per heavy atom. The molecule has 3 N–H and O–H groups in total. The second-order valence-corrected chi connectivity index (χ2v) is 13.3.